The molecule has 2 fully saturated rings. The lowest BCUT2D eigenvalue weighted by atomic mass is 9.88. The van der Waals surface area contributed by atoms with Gasteiger partial charge in [-0.05, 0) is 60.7 Å². The number of fused-ring (bicyclic) bond motifs is 1. The predicted octanol–water partition coefficient (Wildman–Crippen LogP) is 6.01. The Bertz CT molecular complexity index is 755. The van der Waals surface area contributed by atoms with E-state index in [1.165, 1.54) is 69.9 Å². The Kier molecular flexibility index (Phi) is 5.14. The first-order valence-electron chi connectivity index (χ1n) is 10.3. The van der Waals surface area contributed by atoms with E-state index in [4.69, 9.17) is 0 Å². The number of aromatic carboxylic acids is 1. The first-order chi connectivity index (χ1) is 12.7. The van der Waals surface area contributed by atoms with Gasteiger partial charge in [0.2, 0.25) is 0 Å². The number of anilines is 1. The third-order valence-electron chi connectivity index (χ3n) is 6.31. The average Bonchev–Trinajstić information content (AvgIpc) is 2.69. The average molecular weight is 351 g/mol. The molecule has 0 heterocycles. The van der Waals surface area contributed by atoms with Crippen molar-refractivity contribution < 1.29 is 9.90 Å². The molecule has 3 heteroatoms. The zero-order valence-electron chi connectivity index (χ0n) is 15.5. The Morgan fingerprint density at radius 3 is 1.88 bits per heavy atom. The summed E-state index contributed by atoms with van der Waals surface area (Å²) >= 11 is 0. The van der Waals surface area contributed by atoms with Crippen LogP contribution in [-0.4, -0.2) is 23.2 Å². The second kappa shape index (κ2) is 7.69. The molecule has 0 spiro atoms. The van der Waals surface area contributed by atoms with Gasteiger partial charge in [0.25, 0.3) is 0 Å². The van der Waals surface area contributed by atoms with Gasteiger partial charge in [0.1, 0.15) is 0 Å². The molecule has 2 aromatic carbocycles. The maximum absolute atomic E-state index is 11.2. The van der Waals surface area contributed by atoms with Gasteiger partial charge in [0.05, 0.1) is 5.56 Å². The number of carboxylic acid groups (broad SMARTS) is 1. The summed E-state index contributed by atoms with van der Waals surface area (Å²) in [4.78, 5) is 14.0. The number of nitrogens with zero attached hydrogens (tertiary/aromatic N) is 1. The summed E-state index contributed by atoms with van der Waals surface area (Å²) in [6, 6.07) is 13.4. The van der Waals surface area contributed by atoms with E-state index in [0.717, 1.165) is 10.8 Å². The number of benzene rings is 2. The van der Waals surface area contributed by atoms with E-state index in [0.29, 0.717) is 17.6 Å². The van der Waals surface area contributed by atoms with Crippen LogP contribution in [0.4, 0.5) is 5.69 Å². The third kappa shape index (κ3) is 3.58. The molecule has 0 aliphatic heterocycles. The smallest absolute Gasteiger partial charge is 0.335 e. The minimum Gasteiger partial charge on any atom is -0.478 e. The van der Waals surface area contributed by atoms with Crippen molar-refractivity contribution in [3.63, 3.8) is 0 Å². The molecule has 0 unspecified atom stereocenters. The molecule has 0 bridgehead atoms. The second-order valence-electron chi connectivity index (χ2n) is 8.04. The summed E-state index contributed by atoms with van der Waals surface area (Å²) in [5.74, 6) is -0.859. The lowest BCUT2D eigenvalue weighted by molar-refractivity contribution is 0.0697. The Morgan fingerprint density at radius 2 is 1.31 bits per heavy atom. The zero-order chi connectivity index (χ0) is 17.9. The highest BCUT2D eigenvalue weighted by Gasteiger charge is 2.29. The van der Waals surface area contributed by atoms with E-state index in [9.17, 15) is 9.90 Å². The van der Waals surface area contributed by atoms with Crippen LogP contribution in [0.15, 0.2) is 36.4 Å². The largest absolute Gasteiger partial charge is 0.478 e. The van der Waals surface area contributed by atoms with Gasteiger partial charge < -0.3 is 10.0 Å². The van der Waals surface area contributed by atoms with E-state index >= 15 is 0 Å². The maximum atomic E-state index is 11.2. The fourth-order valence-electron chi connectivity index (χ4n) is 4.96. The molecule has 0 aromatic heterocycles. The molecule has 26 heavy (non-hydrogen) atoms. The first kappa shape index (κ1) is 17.4. The van der Waals surface area contributed by atoms with E-state index in [2.05, 4.69) is 23.1 Å². The Morgan fingerprint density at radius 1 is 0.769 bits per heavy atom. The van der Waals surface area contributed by atoms with Gasteiger partial charge in [-0.1, -0.05) is 50.7 Å². The SMILES string of the molecule is O=C(O)c1ccc2cc(N(C3CCCCC3)C3CCCCC3)ccc2c1. The Labute approximate surface area is 156 Å². The summed E-state index contributed by atoms with van der Waals surface area (Å²) in [6.45, 7) is 0. The van der Waals surface area contributed by atoms with Crippen molar-refractivity contribution in [1.82, 2.24) is 0 Å². The quantitative estimate of drug-likeness (QED) is 0.733. The highest BCUT2D eigenvalue weighted by molar-refractivity contribution is 5.95. The molecule has 1 N–H and O–H groups in total. The standard InChI is InChI=1S/C23H29NO2/c25-23(26)19-12-11-18-16-22(14-13-17(18)15-19)24(20-7-3-1-4-8-20)21-9-5-2-6-10-21/h11-16,20-21H,1-10H2,(H,25,26). The molecule has 2 aliphatic rings. The number of carbonyl (C=O) groups is 1. The van der Waals surface area contributed by atoms with Crippen LogP contribution in [0.25, 0.3) is 10.8 Å². The summed E-state index contributed by atoms with van der Waals surface area (Å²) in [7, 11) is 0. The molecular weight excluding hydrogens is 322 g/mol. The molecule has 0 amide bonds. The van der Waals surface area contributed by atoms with Gasteiger partial charge in [-0.3, -0.25) is 0 Å². The maximum Gasteiger partial charge on any atom is 0.335 e. The summed E-state index contributed by atoms with van der Waals surface area (Å²) in [5, 5.41) is 11.4. The number of hydrogen-bond acceptors (Lipinski definition) is 2. The summed E-state index contributed by atoms with van der Waals surface area (Å²) < 4.78 is 0. The van der Waals surface area contributed by atoms with E-state index in [1.807, 2.05) is 6.07 Å². The topological polar surface area (TPSA) is 40.5 Å². The van der Waals surface area contributed by atoms with Crippen LogP contribution in [0.3, 0.4) is 0 Å². The zero-order valence-corrected chi connectivity index (χ0v) is 15.5. The highest BCUT2D eigenvalue weighted by Crippen LogP contribution is 2.35. The molecule has 0 saturated heterocycles. The van der Waals surface area contributed by atoms with Crippen LogP contribution < -0.4 is 4.90 Å². The van der Waals surface area contributed by atoms with Gasteiger partial charge in [-0.25, -0.2) is 4.79 Å². The lowest BCUT2D eigenvalue weighted by Gasteiger charge is -2.43. The molecule has 0 atom stereocenters. The van der Waals surface area contributed by atoms with Gasteiger partial charge in [0.15, 0.2) is 0 Å². The molecular formula is C23H29NO2. The van der Waals surface area contributed by atoms with Gasteiger partial charge in [0, 0.05) is 17.8 Å². The Balaban J connectivity index is 1.69. The molecule has 2 aliphatic carbocycles. The first-order valence-corrected chi connectivity index (χ1v) is 10.3. The van der Waals surface area contributed by atoms with Crippen molar-refractivity contribution in [2.24, 2.45) is 0 Å². The second-order valence-corrected chi connectivity index (χ2v) is 8.04. The van der Waals surface area contributed by atoms with Crippen LogP contribution in [0.2, 0.25) is 0 Å². The fraction of sp³-hybridized carbons (Fsp3) is 0.522. The van der Waals surface area contributed by atoms with Crippen LogP contribution in [-0.2, 0) is 0 Å². The minimum atomic E-state index is -0.859. The number of carboxylic acids is 1. The third-order valence-corrected chi connectivity index (χ3v) is 6.31. The molecule has 3 nitrogen and oxygen atoms in total. The minimum absolute atomic E-state index is 0.363. The van der Waals surface area contributed by atoms with E-state index < -0.39 is 5.97 Å². The van der Waals surface area contributed by atoms with Crippen molar-refractivity contribution in [2.45, 2.75) is 76.3 Å². The molecule has 138 valence electrons. The lowest BCUT2D eigenvalue weighted by Crippen LogP contribution is -2.45. The fourth-order valence-corrected chi connectivity index (χ4v) is 4.96. The van der Waals surface area contributed by atoms with Crippen LogP contribution in [0, 0.1) is 0 Å². The van der Waals surface area contributed by atoms with Crippen molar-refractivity contribution in [3.8, 4) is 0 Å². The normalized spacial score (nSPS) is 19.5. The monoisotopic (exact) mass is 351 g/mol. The summed E-state index contributed by atoms with van der Waals surface area (Å²) in [5.41, 5.74) is 1.70. The summed E-state index contributed by atoms with van der Waals surface area (Å²) in [6.07, 6.45) is 13.4. The number of rotatable bonds is 4. The van der Waals surface area contributed by atoms with E-state index in [1.54, 1.807) is 12.1 Å². The van der Waals surface area contributed by atoms with E-state index in [-0.39, 0.29) is 0 Å². The molecule has 0 radical (unpaired) electrons. The number of hydrogen-bond donors (Lipinski definition) is 1. The predicted molar refractivity (Wildman–Crippen MR) is 107 cm³/mol. The van der Waals surface area contributed by atoms with Crippen LogP contribution >= 0.6 is 0 Å². The van der Waals surface area contributed by atoms with Crippen LogP contribution in [0.1, 0.15) is 74.6 Å². The van der Waals surface area contributed by atoms with Crippen molar-refractivity contribution in [3.05, 3.63) is 42.0 Å². The van der Waals surface area contributed by atoms with Gasteiger partial charge >= 0.3 is 5.97 Å². The Hall–Kier alpha value is -2.03. The van der Waals surface area contributed by atoms with Crippen LogP contribution in [0.5, 0.6) is 0 Å². The molecule has 2 saturated carbocycles. The van der Waals surface area contributed by atoms with Crippen molar-refractivity contribution in [1.29, 1.82) is 0 Å². The molecule has 2 aromatic rings. The van der Waals surface area contributed by atoms with Gasteiger partial charge in [-0.2, -0.15) is 0 Å². The van der Waals surface area contributed by atoms with Gasteiger partial charge in [-0.15, -0.1) is 0 Å². The highest BCUT2D eigenvalue weighted by atomic mass is 16.4. The van der Waals surface area contributed by atoms with Crippen molar-refractivity contribution in [2.75, 3.05) is 4.90 Å². The van der Waals surface area contributed by atoms with Crippen molar-refractivity contribution >= 4 is 22.4 Å². The molecule has 4 rings (SSSR count).